The molecule has 0 unspecified atom stereocenters. The number of thiophene rings is 1. The number of aromatic nitrogens is 3. The molecule has 1 fully saturated rings. The van der Waals surface area contributed by atoms with Gasteiger partial charge in [0.1, 0.15) is 0 Å². The molecule has 4 heterocycles. The highest BCUT2D eigenvalue weighted by Gasteiger charge is 2.26. The smallest absolute Gasteiger partial charge is 0.254 e. The molecule has 3 aromatic heterocycles. The van der Waals surface area contributed by atoms with Crippen LogP contribution in [0.5, 0.6) is 0 Å². The summed E-state index contributed by atoms with van der Waals surface area (Å²) in [5.74, 6) is 0.0539. The third kappa shape index (κ3) is 2.91. The van der Waals surface area contributed by atoms with Crippen LogP contribution in [0.25, 0.3) is 21.6 Å². The molecule has 1 saturated heterocycles. The molecule has 1 aliphatic heterocycles. The van der Waals surface area contributed by atoms with E-state index in [2.05, 4.69) is 10.4 Å². The molecule has 0 aliphatic carbocycles. The molecule has 6 nitrogen and oxygen atoms in total. The van der Waals surface area contributed by atoms with Crippen molar-refractivity contribution in [3.63, 3.8) is 0 Å². The monoisotopic (exact) mass is 369 g/mol. The minimum absolute atomic E-state index is 0.0539. The van der Waals surface area contributed by atoms with E-state index in [4.69, 9.17) is 4.98 Å². The Labute approximate surface area is 156 Å². The number of fused-ring (bicyclic) bond motifs is 1. The van der Waals surface area contributed by atoms with Crippen molar-refractivity contribution >= 4 is 28.3 Å². The fourth-order valence-corrected chi connectivity index (χ4v) is 4.40. The first-order chi connectivity index (χ1) is 12.6. The van der Waals surface area contributed by atoms with Gasteiger partial charge in [-0.15, -0.1) is 11.3 Å². The van der Waals surface area contributed by atoms with Gasteiger partial charge in [-0.2, -0.15) is 5.10 Å². The van der Waals surface area contributed by atoms with Crippen molar-refractivity contribution in [3.05, 3.63) is 34.8 Å². The molecule has 0 radical (unpaired) electrons. The average molecular weight is 369 g/mol. The summed E-state index contributed by atoms with van der Waals surface area (Å²) in [5.41, 5.74) is 3.13. The SMILES string of the molecule is Cc1nn(C)c2nc(-c3cccs3)cc(C(=O)N(C)C3CCNCC3)c12. The largest absolute Gasteiger partial charge is 0.339 e. The first-order valence-corrected chi connectivity index (χ1v) is 9.80. The van der Waals surface area contributed by atoms with Gasteiger partial charge < -0.3 is 10.2 Å². The summed E-state index contributed by atoms with van der Waals surface area (Å²) in [6, 6.07) is 6.24. The molecule has 0 atom stereocenters. The number of amides is 1. The topological polar surface area (TPSA) is 63.1 Å². The molecule has 7 heteroatoms. The van der Waals surface area contributed by atoms with E-state index >= 15 is 0 Å². The van der Waals surface area contributed by atoms with Crippen molar-refractivity contribution in [2.75, 3.05) is 20.1 Å². The maximum Gasteiger partial charge on any atom is 0.254 e. The summed E-state index contributed by atoms with van der Waals surface area (Å²) in [5, 5.41) is 10.7. The lowest BCUT2D eigenvalue weighted by molar-refractivity contribution is 0.0705. The molecule has 136 valence electrons. The van der Waals surface area contributed by atoms with Gasteiger partial charge >= 0.3 is 0 Å². The van der Waals surface area contributed by atoms with Crippen LogP contribution in [0, 0.1) is 6.92 Å². The molecule has 1 N–H and O–H groups in total. The van der Waals surface area contributed by atoms with Crippen LogP contribution in [0.1, 0.15) is 28.9 Å². The van der Waals surface area contributed by atoms with Crippen molar-refractivity contribution < 1.29 is 4.79 Å². The number of nitrogens with zero attached hydrogens (tertiary/aromatic N) is 4. The number of hydrogen-bond donors (Lipinski definition) is 1. The number of aryl methyl sites for hydroxylation is 2. The highest BCUT2D eigenvalue weighted by Crippen LogP contribution is 2.30. The Kier molecular flexibility index (Phi) is 4.50. The average Bonchev–Trinajstić information content (AvgIpc) is 3.29. The van der Waals surface area contributed by atoms with Crippen molar-refractivity contribution in [1.29, 1.82) is 0 Å². The molecule has 1 aliphatic rings. The highest BCUT2D eigenvalue weighted by molar-refractivity contribution is 7.13. The quantitative estimate of drug-likeness (QED) is 0.771. The van der Waals surface area contributed by atoms with E-state index in [-0.39, 0.29) is 11.9 Å². The van der Waals surface area contributed by atoms with Crippen LogP contribution in [0.2, 0.25) is 0 Å². The summed E-state index contributed by atoms with van der Waals surface area (Å²) < 4.78 is 1.77. The van der Waals surface area contributed by atoms with Crippen molar-refractivity contribution in [3.8, 4) is 10.6 Å². The Morgan fingerprint density at radius 2 is 2.15 bits per heavy atom. The molecule has 3 aromatic rings. The van der Waals surface area contributed by atoms with Gasteiger partial charge in [-0.3, -0.25) is 9.48 Å². The summed E-state index contributed by atoms with van der Waals surface area (Å²) in [6.07, 6.45) is 1.97. The summed E-state index contributed by atoms with van der Waals surface area (Å²) in [4.78, 5) is 21.1. The van der Waals surface area contributed by atoms with Gasteiger partial charge in [0, 0.05) is 20.1 Å². The zero-order valence-corrected chi connectivity index (χ0v) is 16.1. The van der Waals surface area contributed by atoms with Crippen LogP contribution in [-0.4, -0.2) is 51.8 Å². The van der Waals surface area contributed by atoms with E-state index in [1.54, 1.807) is 16.0 Å². The Balaban J connectivity index is 1.83. The number of rotatable bonds is 3. The van der Waals surface area contributed by atoms with Gasteiger partial charge in [0.15, 0.2) is 5.65 Å². The van der Waals surface area contributed by atoms with E-state index in [0.29, 0.717) is 5.56 Å². The first kappa shape index (κ1) is 17.2. The van der Waals surface area contributed by atoms with E-state index in [1.165, 1.54) is 0 Å². The van der Waals surface area contributed by atoms with Crippen LogP contribution >= 0.6 is 11.3 Å². The minimum atomic E-state index is 0.0539. The normalized spacial score (nSPS) is 15.5. The molecule has 0 bridgehead atoms. The van der Waals surface area contributed by atoms with Crippen molar-refractivity contribution in [2.45, 2.75) is 25.8 Å². The lowest BCUT2D eigenvalue weighted by Crippen LogP contribution is -2.44. The molecule has 26 heavy (non-hydrogen) atoms. The fraction of sp³-hybridized carbons (Fsp3) is 0.421. The highest BCUT2D eigenvalue weighted by atomic mass is 32.1. The number of carbonyl (C=O) groups is 1. The van der Waals surface area contributed by atoms with E-state index < -0.39 is 0 Å². The zero-order chi connectivity index (χ0) is 18.3. The van der Waals surface area contributed by atoms with Gasteiger partial charge in [-0.05, 0) is 50.4 Å². The predicted molar refractivity (Wildman–Crippen MR) is 105 cm³/mol. The number of carbonyl (C=O) groups excluding carboxylic acids is 1. The fourth-order valence-electron chi connectivity index (χ4n) is 3.71. The maximum atomic E-state index is 13.4. The van der Waals surface area contributed by atoms with E-state index in [9.17, 15) is 4.79 Å². The molecule has 0 spiro atoms. The van der Waals surface area contributed by atoms with Gasteiger partial charge in [0.2, 0.25) is 0 Å². The van der Waals surface area contributed by atoms with E-state index in [0.717, 1.165) is 53.2 Å². The molecule has 4 rings (SSSR count). The second-order valence-corrected chi connectivity index (χ2v) is 7.78. The third-order valence-electron chi connectivity index (χ3n) is 5.15. The number of pyridine rings is 1. The van der Waals surface area contributed by atoms with Gasteiger partial charge in [-0.25, -0.2) is 4.98 Å². The van der Waals surface area contributed by atoms with Crippen LogP contribution in [0.15, 0.2) is 23.6 Å². The van der Waals surface area contributed by atoms with Crippen LogP contribution < -0.4 is 5.32 Å². The van der Waals surface area contributed by atoms with Crippen LogP contribution in [-0.2, 0) is 7.05 Å². The maximum absolute atomic E-state index is 13.4. The van der Waals surface area contributed by atoms with Gasteiger partial charge in [0.05, 0.1) is 27.2 Å². The first-order valence-electron chi connectivity index (χ1n) is 8.92. The number of nitrogens with one attached hydrogen (secondary N) is 1. The molecule has 1 amide bonds. The van der Waals surface area contributed by atoms with Gasteiger partial charge in [0.25, 0.3) is 5.91 Å². The molecule has 0 saturated carbocycles. The Morgan fingerprint density at radius 1 is 1.38 bits per heavy atom. The summed E-state index contributed by atoms with van der Waals surface area (Å²) >= 11 is 1.63. The predicted octanol–water partition coefficient (Wildman–Crippen LogP) is 2.83. The second-order valence-electron chi connectivity index (χ2n) is 6.84. The van der Waals surface area contributed by atoms with Crippen molar-refractivity contribution in [2.24, 2.45) is 7.05 Å². The van der Waals surface area contributed by atoms with E-state index in [1.807, 2.05) is 49.5 Å². The molecular formula is C19H23N5OS. The summed E-state index contributed by atoms with van der Waals surface area (Å²) in [6.45, 7) is 3.86. The zero-order valence-electron chi connectivity index (χ0n) is 15.3. The molecule has 0 aromatic carbocycles. The lowest BCUT2D eigenvalue weighted by atomic mass is 10.0. The van der Waals surface area contributed by atoms with Crippen LogP contribution in [0.3, 0.4) is 0 Å². The number of piperidine rings is 1. The second kappa shape index (κ2) is 6.81. The summed E-state index contributed by atoms with van der Waals surface area (Å²) in [7, 11) is 3.80. The Hall–Kier alpha value is -2.25. The lowest BCUT2D eigenvalue weighted by Gasteiger charge is -2.32. The third-order valence-corrected chi connectivity index (χ3v) is 6.04. The molecular weight excluding hydrogens is 346 g/mol. The number of hydrogen-bond acceptors (Lipinski definition) is 5. The van der Waals surface area contributed by atoms with Gasteiger partial charge in [-0.1, -0.05) is 6.07 Å². The Morgan fingerprint density at radius 3 is 2.85 bits per heavy atom. The Bertz CT molecular complexity index is 941. The van der Waals surface area contributed by atoms with Crippen molar-refractivity contribution in [1.82, 2.24) is 25.0 Å². The minimum Gasteiger partial charge on any atom is -0.339 e. The van der Waals surface area contributed by atoms with Crippen LogP contribution in [0.4, 0.5) is 0 Å². The standard InChI is InChI=1S/C19H23N5OS/c1-12-17-14(19(25)23(2)13-6-8-20-9-7-13)11-15(16-5-4-10-26-16)21-18(17)24(3)22-12/h4-5,10-11,13,20H,6-9H2,1-3H3.